The Labute approximate surface area is 327 Å². The summed E-state index contributed by atoms with van der Waals surface area (Å²) in [6.07, 6.45) is -1.51. The Morgan fingerprint density at radius 2 is 1.52 bits per heavy atom. The molecule has 1 unspecified atom stereocenters. The van der Waals surface area contributed by atoms with Gasteiger partial charge in [0.2, 0.25) is 0 Å². The van der Waals surface area contributed by atoms with E-state index in [1.165, 1.54) is 0 Å². The van der Waals surface area contributed by atoms with Crippen LogP contribution in [0.1, 0.15) is 86.4 Å². The van der Waals surface area contributed by atoms with Crippen LogP contribution in [0.5, 0.6) is 0 Å². The Morgan fingerprint density at radius 3 is 2.16 bits per heavy atom. The van der Waals surface area contributed by atoms with E-state index < -0.39 is 107 Å². The number of carbonyl (C=O) groups is 2. The predicted octanol–water partition coefficient (Wildman–Crippen LogP) is 4.33. The van der Waals surface area contributed by atoms with E-state index >= 15 is 0 Å². The molecule has 3 bridgehead atoms. The summed E-state index contributed by atoms with van der Waals surface area (Å²) in [7, 11) is 0. The summed E-state index contributed by atoms with van der Waals surface area (Å²) in [6, 6.07) is 17.2. The van der Waals surface area contributed by atoms with Crippen molar-refractivity contribution in [3.05, 3.63) is 83.9 Å². The number of epoxide rings is 1. The van der Waals surface area contributed by atoms with Crippen molar-refractivity contribution in [3.63, 3.8) is 0 Å². The molecular weight excluding hydrogens is 720 g/mol. The maximum atomic E-state index is 14.0. The molecule has 2 aromatic carbocycles. The minimum atomic E-state index is -2.27. The van der Waals surface area contributed by atoms with Gasteiger partial charge in [0.15, 0.2) is 0 Å². The number of ether oxygens (including phenoxy) is 6. The van der Waals surface area contributed by atoms with Gasteiger partial charge in [-0.15, -0.1) is 0 Å². The Morgan fingerprint density at radius 1 is 0.875 bits per heavy atom. The Balaban J connectivity index is 1.28. The third kappa shape index (κ3) is 5.12. The van der Waals surface area contributed by atoms with Gasteiger partial charge in [-0.2, -0.15) is 0 Å². The lowest BCUT2D eigenvalue weighted by Gasteiger charge is -2.62. The fourth-order valence-electron chi connectivity index (χ4n) is 12.4. The zero-order valence-corrected chi connectivity index (χ0v) is 32.3. The normalized spacial score (nSPS) is 47.3. The summed E-state index contributed by atoms with van der Waals surface area (Å²) in [5, 5.41) is 50.1. The van der Waals surface area contributed by atoms with Gasteiger partial charge < -0.3 is 48.8 Å². The minimum Gasteiger partial charge on any atom is -0.462 e. The first kappa shape index (κ1) is 38.3. The van der Waals surface area contributed by atoms with E-state index in [4.69, 9.17) is 28.4 Å². The smallest absolute Gasteiger partial charge is 0.338 e. The van der Waals surface area contributed by atoms with E-state index in [9.17, 15) is 30.0 Å². The molecule has 4 heterocycles. The van der Waals surface area contributed by atoms with Crippen molar-refractivity contribution in [2.75, 3.05) is 13.2 Å². The first-order valence-electron chi connectivity index (χ1n) is 20.4. The van der Waals surface area contributed by atoms with Gasteiger partial charge in [0, 0.05) is 17.8 Å². The predicted molar refractivity (Wildman–Crippen MR) is 199 cm³/mol. The molecule has 0 aromatic heterocycles. The van der Waals surface area contributed by atoms with Crippen molar-refractivity contribution >= 4 is 11.9 Å². The standard InChI is InChI=1S/C44H54O12/c1-24(2)40-21-29(22-51-37(47)27-16-10-7-11-17-27)43-32-35(40)54-44(55-40,56-43)30(46)20-14-6-5-9-15-25(3)31-26(4)34(52-38(48)28-18-12-8-13-19-28)42(50,33(31)43)39(49)41(23-45)36(32)53-41/h7-8,10-13,16-19,25-26,29-36,39,45-46,49-50H,1,5-6,9,14-15,20-23H2,2-4H3/t25-,26+,29+,30-,31-,32+,33-,34+,35-,36+,39-,40-,41+,42-,43-,44?/m1/s1. The highest BCUT2D eigenvalue weighted by Gasteiger charge is 2.91. The van der Waals surface area contributed by atoms with Gasteiger partial charge in [0.25, 0.3) is 0 Å². The van der Waals surface area contributed by atoms with Crippen LogP contribution in [0, 0.1) is 35.5 Å². The molecule has 12 nitrogen and oxygen atoms in total. The summed E-state index contributed by atoms with van der Waals surface area (Å²) in [6.45, 7) is 9.43. The van der Waals surface area contributed by atoms with Crippen LogP contribution in [-0.4, -0.2) is 104 Å². The van der Waals surface area contributed by atoms with Crippen LogP contribution in [0.15, 0.2) is 72.8 Å². The summed E-state index contributed by atoms with van der Waals surface area (Å²) in [5.41, 5.74) is -5.58. The van der Waals surface area contributed by atoms with Gasteiger partial charge in [0.1, 0.15) is 47.3 Å². The highest BCUT2D eigenvalue weighted by molar-refractivity contribution is 5.90. The number of aliphatic hydroxyl groups is 4. The molecule has 0 radical (unpaired) electrons. The number of carbonyl (C=O) groups excluding carboxylic acids is 2. The molecular formula is C44H54O12. The van der Waals surface area contributed by atoms with Crippen molar-refractivity contribution in [3.8, 4) is 0 Å². The van der Waals surface area contributed by atoms with Crippen LogP contribution in [-0.2, 0) is 28.4 Å². The van der Waals surface area contributed by atoms with Crippen LogP contribution in [0.4, 0.5) is 0 Å². The average Bonchev–Trinajstić information content (AvgIpc) is 3.84. The molecule has 0 amide bonds. The summed E-state index contributed by atoms with van der Waals surface area (Å²) < 4.78 is 40.4. The maximum Gasteiger partial charge on any atom is 0.338 e. The molecule has 9 rings (SSSR count). The number of fused-ring (bicyclic) bond motifs is 1. The molecule has 3 aliphatic carbocycles. The molecule has 7 aliphatic rings. The van der Waals surface area contributed by atoms with E-state index in [2.05, 4.69) is 13.5 Å². The first-order valence-corrected chi connectivity index (χ1v) is 20.4. The second-order valence-electron chi connectivity index (χ2n) is 17.8. The van der Waals surface area contributed by atoms with Gasteiger partial charge >= 0.3 is 17.9 Å². The van der Waals surface area contributed by atoms with Crippen LogP contribution >= 0.6 is 0 Å². The van der Waals surface area contributed by atoms with E-state index in [0.717, 1.165) is 25.7 Å². The Hall–Kier alpha value is -3.20. The summed E-state index contributed by atoms with van der Waals surface area (Å²) in [4.78, 5) is 27.7. The highest BCUT2D eigenvalue weighted by atomic mass is 16.9. The number of aliphatic hydroxyl groups excluding tert-OH is 3. The van der Waals surface area contributed by atoms with Gasteiger partial charge in [-0.25, -0.2) is 9.59 Å². The number of rotatable bonds is 7. The van der Waals surface area contributed by atoms with Crippen LogP contribution < -0.4 is 0 Å². The lowest BCUT2D eigenvalue weighted by Crippen LogP contribution is -2.75. The molecule has 302 valence electrons. The first-order chi connectivity index (χ1) is 26.8. The van der Waals surface area contributed by atoms with Gasteiger partial charge in [-0.1, -0.05) is 88.9 Å². The molecule has 2 spiro atoms. The molecule has 4 N–H and O–H groups in total. The molecule has 7 fully saturated rings. The Bertz CT molecular complexity index is 1860. The number of esters is 2. The highest BCUT2D eigenvalue weighted by Crippen LogP contribution is 2.75. The van der Waals surface area contributed by atoms with E-state index in [-0.39, 0.29) is 24.5 Å². The van der Waals surface area contributed by atoms with Crippen molar-refractivity contribution in [1.29, 1.82) is 0 Å². The summed E-state index contributed by atoms with van der Waals surface area (Å²) in [5.74, 6) is -6.91. The monoisotopic (exact) mass is 774 g/mol. The van der Waals surface area contributed by atoms with Crippen LogP contribution in [0.25, 0.3) is 0 Å². The SMILES string of the molecule is C=C(C)[C@]12C[C@@H](COC(=O)c3ccccc3)[C@@]34OC5(O[C@@H]1[C@H]3[C@@H]1O[C@]1(CO)[C@@H](O)[C@@]1(O)[C@H]4[C@@H]([C@H](C)[C@@H]1OC(=O)c1ccccc1)[C@H](C)CCCCCC[C@H]5O)O2. The molecule has 16 atom stereocenters. The molecule has 56 heavy (non-hydrogen) atoms. The largest absolute Gasteiger partial charge is 0.462 e. The van der Waals surface area contributed by atoms with E-state index in [1.54, 1.807) is 54.6 Å². The van der Waals surface area contributed by atoms with Crippen molar-refractivity contribution in [1.82, 2.24) is 0 Å². The lowest BCUT2D eigenvalue weighted by atomic mass is 9.51. The minimum absolute atomic E-state index is 0.0865. The van der Waals surface area contributed by atoms with Crippen LogP contribution in [0.3, 0.4) is 0 Å². The third-order valence-corrected chi connectivity index (χ3v) is 14.9. The second kappa shape index (κ2) is 13.4. The lowest BCUT2D eigenvalue weighted by molar-refractivity contribution is -0.459. The number of hydrogen-bond acceptors (Lipinski definition) is 12. The van der Waals surface area contributed by atoms with E-state index in [1.807, 2.05) is 19.9 Å². The van der Waals surface area contributed by atoms with Gasteiger partial charge in [-0.3, -0.25) is 0 Å². The average molecular weight is 775 g/mol. The number of hydrogen-bond donors (Lipinski definition) is 4. The van der Waals surface area contributed by atoms with Crippen LogP contribution in [0.2, 0.25) is 0 Å². The van der Waals surface area contributed by atoms with Gasteiger partial charge in [0.05, 0.1) is 29.9 Å². The number of benzene rings is 2. The topological polar surface area (TPSA) is 174 Å². The quantitative estimate of drug-likeness (QED) is 0.179. The molecule has 4 aliphatic heterocycles. The Kier molecular flexibility index (Phi) is 9.19. The summed E-state index contributed by atoms with van der Waals surface area (Å²) >= 11 is 0. The zero-order chi connectivity index (χ0) is 39.4. The maximum absolute atomic E-state index is 14.0. The molecule has 3 saturated carbocycles. The molecule has 12 heteroatoms. The van der Waals surface area contributed by atoms with Crippen molar-refractivity contribution in [2.24, 2.45) is 35.5 Å². The fraction of sp³-hybridized carbons (Fsp3) is 0.636. The fourth-order valence-corrected chi connectivity index (χ4v) is 12.4. The molecule has 2 aromatic rings. The van der Waals surface area contributed by atoms with E-state index in [0.29, 0.717) is 24.0 Å². The second-order valence-corrected chi connectivity index (χ2v) is 17.8. The van der Waals surface area contributed by atoms with Crippen molar-refractivity contribution in [2.45, 2.75) is 125 Å². The van der Waals surface area contributed by atoms with Crippen molar-refractivity contribution < 1.29 is 58.4 Å². The third-order valence-electron chi connectivity index (χ3n) is 14.9. The van der Waals surface area contributed by atoms with Gasteiger partial charge in [-0.05, 0) is 67.4 Å². The molecule has 4 saturated heterocycles. The zero-order valence-electron chi connectivity index (χ0n) is 32.3.